The predicted octanol–water partition coefficient (Wildman–Crippen LogP) is 3.70. The van der Waals surface area contributed by atoms with Crippen molar-refractivity contribution < 1.29 is 9.53 Å². The molecule has 1 heterocycles. The Balaban J connectivity index is 1.67. The lowest BCUT2D eigenvalue weighted by molar-refractivity contribution is -0.121. The number of para-hydroxylation sites is 1. The third kappa shape index (κ3) is 2.29. The van der Waals surface area contributed by atoms with Gasteiger partial charge in [-0.15, -0.1) is 0 Å². The summed E-state index contributed by atoms with van der Waals surface area (Å²) in [5.74, 6) is 1.90. The number of benzene rings is 1. The van der Waals surface area contributed by atoms with Crippen LogP contribution in [-0.2, 0) is 4.79 Å². The molecule has 96 valence electrons. The molecule has 1 aromatic carbocycles. The Morgan fingerprint density at radius 1 is 1.17 bits per heavy atom. The van der Waals surface area contributed by atoms with E-state index in [2.05, 4.69) is 0 Å². The zero-order valence-electron chi connectivity index (χ0n) is 10.7. The summed E-state index contributed by atoms with van der Waals surface area (Å²) in [7, 11) is 0. The van der Waals surface area contributed by atoms with Crippen molar-refractivity contribution in [2.45, 2.75) is 44.4 Å². The molecule has 2 heteroatoms. The summed E-state index contributed by atoms with van der Waals surface area (Å²) in [6, 6.07) is 7.95. The molecule has 1 atom stereocenters. The van der Waals surface area contributed by atoms with Crippen LogP contribution in [0, 0.1) is 5.92 Å². The molecule has 2 nitrogen and oxygen atoms in total. The normalized spacial score (nSPS) is 23.4. The predicted molar refractivity (Wildman–Crippen MR) is 70.9 cm³/mol. The standard InChI is InChI=1S/C16H20O2/c17-15(10-12-6-2-1-3-7-12)14-11-18-16-9-5-4-8-13(14)16/h4-5,8-9,12,14H,1-3,6-7,10-11H2. The summed E-state index contributed by atoms with van der Waals surface area (Å²) >= 11 is 0. The van der Waals surface area contributed by atoms with Crippen molar-refractivity contribution in [3.63, 3.8) is 0 Å². The van der Waals surface area contributed by atoms with Crippen molar-refractivity contribution in [3.05, 3.63) is 29.8 Å². The van der Waals surface area contributed by atoms with Gasteiger partial charge >= 0.3 is 0 Å². The summed E-state index contributed by atoms with van der Waals surface area (Å²) in [5, 5.41) is 0. The van der Waals surface area contributed by atoms with Gasteiger partial charge in [0.25, 0.3) is 0 Å². The molecule has 1 fully saturated rings. The number of fused-ring (bicyclic) bond motifs is 1. The Hall–Kier alpha value is -1.31. The second-order valence-corrected chi connectivity index (χ2v) is 5.58. The summed E-state index contributed by atoms with van der Waals surface area (Å²) in [4.78, 5) is 12.4. The van der Waals surface area contributed by atoms with Gasteiger partial charge in [-0.2, -0.15) is 0 Å². The van der Waals surface area contributed by atoms with E-state index in [1.807, 2.05) is 24.3 Å². The van der Waals surface area contributed by atoms with E-state index in [9.17, 15) is 4.79 Å². The van der Waals surface area contributed by atoms with E-state index in [1.165, 1.54) is 32.1 Å². The van der Waals surface area contributed by atoms with E-state index in [-0.39, 0.29) is 5.92 Å². The first kappa shape index (κ1) is 11.8. The maximum Gasteiger partial charge on any atom is 0.144 e. The highest BCUT2D eigenvalue weighted by molar-refractivity contribution is 5.87. The van der Waals surface area contributed by atoms with Crippen molar-refractivity contribution in [2.24, 2.45) is 5.92 Å². The van der Waals surface area contributed by atoms with Crippen LogP contribution in [0.4, 0.5) is 0 Å². The average Bonchev–Trinajstić information content (AvgIpc) is 2.84. The fourth-order valence-electron chi connectivity index (χ4n) is 3.25. The van der Waals surface area contributed by atoms with E-state index in [4.69, 9.17) is 4.74 Å². The van der Waals surface area contributed by atoms with Gasteiger partial charge in [-0.3, -0.25) is 4.79 Å². The lowest BCUT2D eigenvalue weighted by atomic mass is 9.82. The first-order valence-corrected chi connectivity index (χ1v) is 7.09. The zero-order valence-corrected chi connectivity index (χ0v) is 10.7. The second kappa shape index (κ2) is 5.13. The topological polar surface area (TPSA) is 26.3 Å². The number of Topliss-reactive ketones (excluding diaryl/α,β-unsaturated/α-hetero) is 1. The zero-order chi connectivity index (χ0) is 12.4. The molecule has 2 aliphatic rings. The maximum absolute atomic E-state index is 12.4. The van der Waals surface area contributed by atoms with Gasteiger partial charge in [0, 0.05) is 12.0 Å². The van der Waals surface area contributed by atoms with E-state index in [0.717, 1.165) is 17.7 Å². The van der Waals surface area contributed by atoms with Gasteiger partial charge in [-0.1, -0.05) is 50.3 Å². The van der Waals surface area contributed by atoms with E-state index in [0.29, 0.717) is 18.3 Å². The number of carbonyl (C=O) groups excluding carboxylic acids is 1. The molecule has 0 N–H and O–H groups in total. The highest BCUT2D eigenvalue weighted by Gasteiger charge is 2.31. The lowest BCUT2D eigenvalue weighted by Crippen LogP contribution is -2.19. The lowest BCUT2D eigenvalue weighted by Gasteiger charge is -2.21. The van der Waals surface area contributed by atoms with E-state index >= 15 is 0 Å². The third-order valence-corrected chi connectivity index (χ3v) is 4.30. The van der Waals surface area contributed by atoms with Crippen LogP contribution in [0.1, 0.15) is 50.0 Å². The first-order valence-electron chi connectivity index (χ1n) is 7.09. The van der Waals surface area contributed by atoms with Crippen molar-refractivity contribution in [2.75, 3.05) is 6.61 Å². The van der Waals surface area contributed by atoms with Crippen LogP contribution in [0.2, 0.25) is 0 Å². The molecule has 18 heavy (non-hydrogen) atoms. The molecule has 0 radical (unpaired) electrons. The van der Waals surface area contributed by atoms with Gasteiger partial charge in [0.2, 0.25) is 0 Å². The van der Waals surface area contributed by atoms with Gasteiger partial charge < -0.3 is 4.74 Å². The largest absolute Gasteiger partial charge is 0.492 e. The molecular weight excluding hydrogens is 224 g/mol. The van der Waals surface area contributed by atoms with Crippen LogP contribution < -0.4 is 4.74 Å². The highest BCUT2D eigenvalue weighted by Crippen LogP contribution is 2.36. The third-order valence-electron chi connectivity index (χ3n) is 4.30. The molecule has 1 aliphatic carbocycles. The molecule has 1 saturated carbocycles. The van der Waals surface area contributed by atoms with E-state index in [1.54, 1.807) is 0 Å². The van der Waals surface area contributed by atoms with Crippen LogP contribution in [0.5, 0.6) is 5.75 Å². The number of ether oxygens (including phenoxy) is 1. The van der Waals surface area contributed by atoms with Crippen molar-refractivity contribution in [1.82, 2.24) is 0 Å². The summed E-state index contributed by atoms with van der Waals surface area (Å²) < 4.78 is 5.60. The minimum atomic E-state index is -0.0110. The molecule has 0 bridgehead atoms. The first-order chi connectivity index (χ1) is 8.84. The molecular formula is C16H20O2. The van der Waals surface area contributed by atoms with Crippen LogP contribution in [0.3, 0.4) is 0 Å². The fraction of sp³-hybridized carbons (Fsp3) is 0.562. The highest BCUT2D eigenvalue weighted by atomic mass is 16.5. The smallest absolute Gasteiger partial charge is 0.144 e. The van der Waals surface area contributed by atoms with Crippen LogP contribution in [-0.4, -0.2) is 12.4 Å². The van der Waals surface area contributed by atoms with Crippen LogP contribution in [0.25, 0.3) is 0 Å². The van der Waals surface area contributed by atoms with Gasteiger partial charge in [0.1, 0.15) is 18.1 Å². The minimum absolute atomic E-state index is 0.0110. The second-order valence-electron chi connectivity index (χ2n) is 5.58. The average molecular weight is 244 g/mol. The SMILES string of the molecule is O=C(CC1CCCCC1)C1COc2ccccc21. The molecule has 1 unspecified atom stereocenters. The quantitative estimate of drug-likeness (QED) is 0.810. The Bertz CT molecular complexity index is 432. The monoisotopic (exact) mass is 244 g/mol. The van der Waals surface area contributed by atoms with Crippen molar-refractivity contribution in [1.29, 1.82) is 0 Å². The summed E-state index contributed by atoms with van der Waals surface area (Å²) in [6.45, 7) is 0.547. The minimum Gasteiger partial charge on any atom is -0.492 e. The number of hydrogen-bond donors (Lipinski definition) is 0. The number of hydrogen-bond acceptors (Lipinski definition) is 2. The molecule has 0 aromatic heterocycles. The molecule has 0 saturated heterocycles. The van der Waals surface area contributed by atoms with Crippen LogP contribution in [0.15, 0.2) is 24.3 Å². The summed E-state index contributed by atoms with van der Waals surface area (Å²) in [5.41, 5.74) is 1.10. The molecule has 3 rings (SSSR count). The molecule has 1 aromatic rings. The Kier molecular flexibility index (Phi) is 3.35. The van der Waals surface area contributed by atoms with Gasteiger partial charge in [0.05, 0.1) is 5.92 Å². The van der Waals surface area contributed by atoms with Crippen LogP contribution >= 0.6 is 0 Å². The van der Waals surface area contributed by atoms with Gasteiger partial charge in [0.15, 0.2) is 0 Å². The molecule has 1 aliphatic heterocycles. The van der Waals surface area contributed by atoms with Crippen molar-refractivity contribution >= 4 is 5.78 Å². The fourth-order valence-corrected chi connectivity index (χ4v) is 3.25. The van der Waals surface area contributed by atoms with Gasteiger partial charge in [-0.05, 0) is 12.0 Å². The van der Waals surface area contributed by atoms with Crippen molar-refractivity contribution in [3.8, 4) is 5.75 Å². The van der Waals surface area contributed by atoms with E-state index < -0.39 is 0 Å². The van der Waals surface area contributed by atoms with Gasteiger partial charge in [-0.25, -0.2) is 0 Å². The Labute approximate surface area is 108 Å². The Morgan fingerprint density at radius 3 is 2.78 bits per heavy atom. The number of carbonyl (C=O) groups is 1. The molecule has 0 spiro atoms. The Morgan fingerprint density at radius 2 is 1.94 bits per heavy atom. The number of rotatable bonds is 3. The molecule has 0 amide bonds. The summed E-state index contributed by atoms with van der Waals surface area (Å²) in [6.07, 6.45) is 7.18. The number of ketones is 1. The maximum atomic E-state index is 12.4.